The van der Waals surface area contributed by atoms with Gasteiger partial charge in [-0.15, -0.1) is 6.58 Å². The van der Waals surface area contributed by atoms with Gasteiger partial charge in [0.15, 0.2) is 0 Å². The summed E-state index contributed by atoms with van der Waals surface area (Å²) >= 11 is 0. The lowest BCUT2D eigenvalue weighted by atomic mass is 9.92. The third-order valence-electron chi connectivity index (χ3n) is 3.77. The number of primary amides is 1. The molecule has 0 aromatic heterocycles. The van der Waals surface area contributed by atoms with Crippen molar-refractivity contribution in [3.8, 4) is 0 Å². The first-order chi connectivity index (χ1) is 8.08. The van der Waals surface area contributed by atoms with E-state index in [0.717, 1.165) is 25.7 Å². The van der Waals surface area contributed by atoms with E-state index >= 15 is 0 Å². The summed E-state index contributed by atoms with van der Waals surface area (Å²) in [5, 5.41) is 3.48. The van der Waals surface area contributed by atoms with E-state index in [1.807, 2.05) is 13.0 Å². The molecule has 98 valence electrons. The second-order valence-electron chi connectivity index (χ2n) is 5.36. The minimum absolute atomic E-state index is 0.247. The molecule has 0 aromatic rings. The topological polar surface area (TPSA) is 55.1 Å². The van der Waals surface area contributed by atoms with Crippen LogP contribution in [0.2, 0.25) is 0 Å². The maximum Gasteiger partial charge on any atom is 0.237 e. The zero-order chi connectivity index (χ0) is 12.7. The molecule has 1 unspecified atom stereocenters. The van der Waals surface area contributed by atoms with E-state index in [1.54, 1.807) is 0 Å². The first kappa shape index (κ1) is 14.2. The number of rotatable bonds is 6. The van der Waals surface area contributed by atoms with Crippen LogP contribution in [0, 0.1) is 0 Å². The van der Waals surface area contributed by atoms with Gasteiger partial charge in [0.1, 0.15) is 0 Å². The van der Waals surface area contributed by atoms with Crippen molar-refractivity contribution in [1.29, 1.82) is 0 Å². The maximum absolute atomic E-state index is 11.6. The summed E-state index contributed by atoms with van der Waals surface area (Å²) in [6, 6.07) is 0.444. The van der Waals surface area contributed by atoms with Crippen LogP contribution in [-0.4, -0.2) is 17.5 Å². The van der Waals surface area contributed by atoms with Crippen LogP contribution in [0.3, 0.4) is 0 Å². The minimum Gasteiger partial charge on any atom is -0.368 e. The molecule has 3 nitrogen and oxygen atoms in total. The molecule has 1 aliphatic carbocycles. The molecule has 1 atom stereocenters. The van der Waals surface area contributed by atoms with Crippen LogP contribution in [0.15, 0.2) is 12.7 Å². The Morgan fingerprint density at radius 3 is 2.47 bits per heavy atom. The Morgan fingerprint density at radius 1 is 1.41 bits per heavy atom. The highest BCUT2D eigenvalue weighted by atomic mass is 16.1. The number of hydrogen-bond donors (Lipinski definition) is 2. The Labute approximate surface area is 105 Å². The summed E-state index contributed by atoms with van der Waals surface area (Å²) in [5.74, 6) is -0.247. The molecule has 0 saturated heterocycles. The SMILES string of the molecule is C=CCCC(C)(NC1CCCCCC1)C(N)=O. The first-order valence-electron chi connectivity index (χ1n) is 6.77. The molecule has 0 heterocycles. The van der Waals surface area contributed by atoms with Gasteiger partial charge >= 0.3 is 0 Å². The van der Waals surface area contributed by atoms with Crippen LogP contribution in [0.25, 0.3) is 0 Å². The highest BCUT2D eigenvalue weighted by Gasteiger charge is 2.32. The molecule has 0 bridgehead atoms. The van der Waals surface area contributed by atoms with E-state index in [9.17, 15) is 4.79 Å². The van der Waals surface area contributed by atoms with Crippen molar-refractivity contribution >= 4 is 5.91 Å². The fourth-order valence-electron chi connectivity index (χ4n) is 2.53. The lowest BCUT2D eigenvalue weighted by molar-refractivity contribution is -0.124. The summed E-state index contributed by atoms with van der Waals surface area (Å²) in [6.45, 7) is 5.63. The fourth-order valence-corrected chi connectivity index (χ4v) is 2.53. The Hall–Kier alpha value is -0.830. The number of amides is 1. The molecular formula is C14H26N2O. The van der Waals surface area contributed by atoms with Gasteiger partial charge in [-0.1, -0.05) is 31.8 Å². The average molecular weight is 238 g/mol. The van der Waals surface area contributed by atoms with E-state index in [-0.39, 0.29) is 5.91 Å². The van der Waals surface area contributed by atoms with E-state index in [2.05, 4.69) is 11.9 Å². The average Bonchev–Trinajstić information content (AvgIpc) is 2.54. The predicted octanol–water partition coefficient (Wildman–Crippen LogP) is 2.51. The zero-order valence-electron chi connectivity index (χ0n) is 11.0. The van der Waals surface area contributed by atoms with Crippen LogP contribution < -0.4 is 11.1 Å². The van der Waals surface area contributed by atoms with E-state index in [4.69, 9.17) is 5.73 Å². The van der Waals surface area contributed by atoms with Gasteiger partial charge in [0.05, 0.1) is 5.54 Å². The minimum atomic E-state index is -0.580. The van der Waals surface area contributed by atoms with Crippen molar-refractivity contribution in [2.24, 2.45) is 5.73 Å². The number of nitrogens with two attached hydrogens (primary N) is 1. The third kappa shape index (κ3) is 4.50. The molecule has 0 radical (unpaired) electrons. The molecule has 0 aliphatic heterocycles. The summed E-state index contributed by atoms with van der Waals surface area (Å²) in [7, 11) is 0. The smallest absolute Gasteiger partial charge is 0.237 e. The molecule has 1 saturated carbocycles. The molecule has 1 rings (SSSR count). The van der Waals surface area contributed by atoms with Gasteiger partial charge in [-0.05, 0) is 32.6 Å². The molecule has 3 N–H and O–H groups in total. The monoisotopic (exact) mass is 238 g/mol. The Bertz CT molecular complexity index is 257. The van der Waals surface area contributed by atoms with Crippen LogP contribution in [0.4, 0.5) is 0 Å². The zero-order valence-corrected chi connectivity index (χ0v) is 11.0. The molecular weight excluding hydrogens is 212 g/mol. The van der Waals surface area contributed by atoms with Gasteiger partial charge in [-0.2, -0.15) is 0 Å². The number of hydrogen-bond acceptors (Lipinski definition) is 2. The van der Waals surface area contributed by atoms with Crippen molar-refractivity contribution in [2.45, 2.75) is 69.9 Å². The Morgan fingerprint density at radius 2 is 2.00 bits per heavy atom. The van der Waals surface area contributed by atoms with Crippen LogP contribution in [0.5, 0.6) is 0 Å². The standard InChI is InChI=1S/C14H26N2O/c1-3-4-11-14(2,13(15)17)16-12-9-7-5-6-8-10-12/h3,12,16H,1,4-11H2,2H3,(H2,15,17). The predicted molar refractivity (Wildman–Crippen MR) is 71.7 cm³/mol. The van der Waals surface area contributed by atoms with Crippen LogP contribution in [0.1, 0.15) is 58.3 Å². The van der Waals surface area contributed by atoms with Gasteiger partial charge in [0.2, 0.25) is 5.91 Å². The number of carbonyl (C=O) groups is 1. The molecule has 0 spiro atoms. The summed E-state index contributed by atoms with van der Waals surface area (Å²) < 4.78 is 0. The van der Waals surface area contributed by atoms with E-state index in [1.165, 1.54) is 25.7 Å². The number of allylic oxidation sites excluding steroid dienone is 1. The van der Waals surface area contributed by atoms with Crippen molar-refractivity contribution in [2.75, 3.05) is 0 Å². The molecule has 1 aliphatic rings. The van der Waals surface area contributed by atoms with Crippen molar-refractivity contribution in [3.05, 3.63) is 12.7 Å². The van der Waals surface area contributed by atoms with Gasteiger partial charge in [-0.3, -0.25) is 4.79 Å². The number of carbonyl (C=O) groups excluding carboxylic acids is 1. The Kier molecular flexibility index (Phi) is 5.69. The second-order valence-corrected chi connectivity index (χ2v) is 5.36. The fraction of sp³-hybridized carbons (Fsp3) is 0.786. The Balaban J connectivity index is 2.57. The van der Waals surface area contributed by atoms with Crippen molar-refractivity contribution in [1.82, 2.24) is 5.32 Å². The van der Waals surface area contributed by atoms with Gasteiger partial charge in [-0.25, -0.2) is 0 Å². The van der Waals surface area contributed by atoms with Crippen LogP contribution >= 0.6 is 0 Å². The lowest BCUT2D eigenvalue weighted by Gasteiger charge is -2.32. The molecule has 1 fully saturated rings. The molecule has 0 aromatic carbocycles. The molecule has 17 heavy (non-hydrogen) atoms. The van der Waals surface area contributed by atoms with E-state index in [0.29, 0.717) is 6.04 Å². The normalized spacial score (nSPS) is 21.5. The van der Waals surface area contributed by atoms with E-state index < -0.39 is 5.54 Å². The number of nitrogens with one attached hydrogen (secondary N) is 1. The molecule has 3 heteroatoms. The van der Waals surface area contributed by atoms with Gasteiger partial charge in [0, 0.05) is 6.04 Å². The van der Waals surface area contributed by atoms with Crippen molar-refractivity contribution in [3.63, 3.8) is 0 Å². The molecule has 1 amide bonds. The summed E-state index contributed by atoms with van der Waals surface area (Å²) in [5.41, 5.74) is 4.95. The second kappa shape index (κ2) is 6.80. The summed E-state index contributed by atoms with van der Waals surface area (Å²) in [4.78, 5) is 11.6. The highest BCUT2D eigenvalue weighted by Crippen LogP contribution is 2.21. The largest absolute Gasteiger partial charge is 0.368 e. The first-order valence-corrected chi connectivity index (χ1v) is 6.77. The maximum atomic E-state index is 11.6. The van der Waals surface area contributed by atoms with Gasteiger partial charge in [0.25, 0.3) is 0 Å². The van der Waals surface area contributed by atoms with Crippen LogP contribution in [-0.2, 0) is 4.79 Å². The lowest BCUT2D eigenvalue weighted by Crippen LogP contribution is -2.56. The summed E-state index contributed by atoms with van der Waals surface area (Å²) in [6.07, 6.45) is 10.9. The quantitative estimate of drug-likeness (QED) is 0.552. The third-order valence-corrected chi connectivity index (χ3v) is 3.77. The van der Waals surface area contributed by atoms with Gasteiger partial charge < -0.3 is 11.1 Å². The highest BCUT2D eigenvalue weighted by molar-refractivity contribution is 5.84. The van der Waals surface area contributed by atoms with Crippen molar-refractivity contribution < 1.29 is 4.79 Å².